The van der Waals surface area contributed by atoms with E-state index in [-0.39, 0.29) is 18.4 Å². The molecule has 0 aliphatic heterocycles. The highest BCUT2D eigenvalue weighted by molar-refractivity contribution is 7.10. The largest absolute Gasteiger partial charge is 0.323 e. The lowest BCUT2D eigenvalue weighted by molar-refractivity contribution is 0.515. The van der Waals surface area contributed by atoms with E-state index in [4.69, 9.17) is 17.3 Å². The molecule has 13 heavy (non-hydrogen) atoms. The third kappa shape index (κ3) is 3.86. The van der Waals surface area contributed by atoms with Gasteiger partial charge in [0, 0.05) is 10.9 Å². The molecule has 0 saturated carbocycles. The summed E-state index contributed by atoms with van der Waals surface area (Å²) < 4.78 is 0. The highest BCUT2D eigenvalue weighted by Gasteiger charge is 2.12. The Balaban J connectivity index is 0.00000144. The van der Waals surface area contributed by atoms with E-state index in [0.29, 0.717) is 5.92 Å². The van der Waals surface area contributed by atoms with Crippen molar-refractivity contribution in [3.8, 4) is 0 Å². The van der Waals surface area contributed by atoms with Crippen LogP contribution in [0.25, 0.3) is 0 Å². The molecule has 1 aromatic heterocycles. The molecule has 0 aliphatic carbocycles. The summed E-state index contributed by atoms with van der Waals surface area (Å²) in [6, 6.07) is 2.01. The molecule has 0 unspecified atom stereocenters. The van der Waals surface area contributed by atoms with Gasteiger partial charge in [-0.05, 0) is 23.8 Å². The molecule has 0 radical (unpaired) electrons. The van der Waals surface area contributed by atoms with Crippen molar-refractivity contribution in [3.63, 3.8) is 0 Å². The minimum Gasteiger partial charge on any atom is -0.323 e. The maximum absolute atomic E-state index is 5.97. The normalized spacial score (nSPS) is 12.7. The molecule has 0 aromatic carbocycles. The van der Waals surface area contributed by atoms with Gasteiger partial charge in [-0.1, -0.05) is 25.4 Å². The third-order valence-corrected chi connectivity index (χ3v) is 3.20. The van der Waals surface area contributed by atoms with Gasteiger partial charge in [0.2, 0.25) is 0 Å². The molecule has 1 aromatic rings. The van der Waals surface area contributed by atoms with Crippen LogP contribution < -0.4 is 5.73 Å². The quantitative estimate of drug-likeness (QED) is 0.852. The number of nitrogens with two attached hydrogens (primary N) is 1. The van der Waals surface area contributed by atoms with Crippen LogP contribution in [-0.4, -0.2) is 0 Å². The smallest absolute Gasteiger partial charge is 0.0561 e. The highest BCUT2D eigenvalue weighted by Crippen LogP contribution is 2.30. The van der Waals surface area contributed by atoms with E-state index in [9.17, 15) is 0 Å². The standard InChI is InChI=1S/C9H14ClNS.ClH/c1-6(2)5-8(11)9-7(10)3-4-12-9;/h3-4,6,8H,5,11H2,1-2H3;1H/t8-;/m0./s1. The zero-order valence-corrected chi connectivity index (χ0v) is 10.2. The minimum absolute atomic E-state index is 0. The zero-order chi connectivity index (χ0) is 9.14. The van der Waals surface area contributed by atoms with Gasteiger partial charge in [0.05, 0.1) is 5.02 Å². The lowest BCUT2D eigenvalue weighted by atomic mass is 10.0. The van der Waals surface area contributed by atoms with Crippen LogP contribution in [0.5, 0.6) is 0 Å². The van der Waals surface area contributed by atoms with Gasteiger partial charge in [-0.2, -0.15) is 0 Å². The molecule has 0 aliphatic rings. The zero-order valence-electron chi connectivity index (χ0n) is 7.79. The summed E-state index contributed by atoms with van der Waals surface area (Å²) in [5.41, 5.74) is 5.97. The van der Waals surface area contributed by atoms with Crippen LogP contribution >= 0.6 is 35.3 Å². The fourth-order valence-electron chi connectivity index (χ4n) is 1.18. The summed E-state index contributed by atoms with van der Waals surface area (Å²) in [5, 5.41) is 2.80. The number of thiophene rings is 1. The van der Waals surface area contributed by atoms with Gasteiger partial charge >= 0.3 is 0 Å². The maximum atomic E-state index is 5.97. The van der Waals surface area contributed by atoms with E-state index in [0.717, 1.165) is 16.3 Å². The molecule has 76 valence electrons. The van der Waals surface area contributed by atoms with Gasteiger partial charge in [0.25, 0.3) is 0 Å². The second-order valence-electron chi connectivity index (χ2n) is 3.37. The first kappa shape index (κ1) is 13.2. The van der Waals surface area contributed by atoms with Crippen molar-refractivity contribution in [2.75, 3.05) is 0 Å². The van der Waals surface area contributed by atoms with Crippen molar-refractivity contribution in [1.29, 1.82) is 0 Å². The van der Waals surface area contributed by atoms with Crippen LogP contribution in [-0.2, 0) is 0 Å². The van der Waals surface area contributed by atoms with Gasteiger partial charge in [-0.25, -0.2) is 0 Å². The van der Waals surface area contributed by atoms with Crippen molar-refractivity contribution in [2.45, 2.75) is 26.3 Å². The molecule has 2 N–H and O–H groups in total. The van der Waals surface area contributed by atoms with Crippen molar-refractivity contribution >= 4 is 35.3 Å². The van der Waals surface area contributed by atoms with E-state index < -0.39 is 0 Å². The number of hydrogen-bond acceptors (Lipinski definition) is 2. The molecule has 1 nitrogen and oxygen atoms in total. The predicted molar refractivity (Wildman–Crippen MR) is 63.0 cm³/mol. The van der Waals surface area contributed by atoms with Crippen molar-refractivity contribution in [2.24, 2.45) is 11.7 Å². The van der Waals surface area contributed by atoms with Crippen LogP contribution in [0.3, 0.4) is 0 Å². The van der Waals surface area contributed by atoms with E-state index in [1.165, 1.54) is 0 Å². The van der Waals surface area contributed by atoms with Crippen molar-refractivity contribution in [3.05, 3.63) is 21.3 Å². The average molecular weight is 240 g/mol. The molecule has 0 saturated heterocycles. The van der Waals surface area contributed by atoms with E-state index >= 15 is 0 Å². The van der Waals surface area contributed by atoms with Crippen molar-refractivity contribution in [1.82, 2.24) is 0 Å². The highest BCUT2D eigenvalue weighted by atomic mass is 35.5. The maximum Gasteiger partial charge on any atom is 0.0561 e. The van der Waals surface area contributed by atoms with Gasteiger partial charge < -0.3 is 5.73 Å². The molecular weight excluding hydrogens is 225 g/mol. The Kier molecular flexibility index (Phi) is 5.97. The first-order valence-electron chi connectivity index (χ1n) is 4.09. The van der Waals surface area contributed by atoms with E-state index in [1.54, 1.807) is 11.3 Å². The summed E-state index contributed by atoms with van der Waals surface area (Å²) >= 11 is 7.59. The van der Waals surface area contributed by atoms with E-state index in [1.807, 2.05) is 11.4 Å². The minimum atomic E-state index is 0. The summed E-state index contributed by atoms with van der Waals surface area (Å²) in [6.45, 7) is 4.34. The molecule has 0 spiro atoms. The monoisotopic (exact) mass is 239 g/mol. The van der Waals surface area contributed by atoms with Gasteiger partial charge in [0.1, 0.15) is 0 Å². The SMILES string of the molecule is CC(C)C[C@H](N)c1sccc1Cl.Cl. The molecule has 0 bridgehead atoms. The Hall–Kier alpha value is 0.240. The van der Waals surface area contributed by atoms with Crippen molar-refractivity contribution < 1.29 is 0 Å². The number of hydrogen-bond donors (Lipinski definition) is 1. The fraction of sp³-hybridized carbons (Fsp3) is 0.556. The number of halogens is 2. The Labute approximate surface area is 94.7 Å². The molecule has 0 fully saturated rings. The van der Waals surface area contributed by atoms with E-state index in [2.05, 4.69) is 13.8 Å². The van der Waals surface area contributed by atoms with Gasteiger partial charge in [-0.15, -0.1) is 23.7 Å². The second kappa shape index (κ2) is 5.86. The van der Waals surface area contributed by atoms with Crippen LogP contribution in [0.4, 0.5) is 0 Å². The Morgan fingerprint density at radius 3 is 2.54 bits per heavy atom. The summed E-state index contributed by atoms with van der Waals surface area (Å²) in [4.78, 5) is 1.12. The Morgan fingerprint density at radius 1 is 1.54 bits per heavy atom. The molecule has 4 heteroatoms. The number of rotatable bonds is 3. The first-order valence-corrected chi connectivity index (χ1v) is 5.35. The first-order chi connectivity index (χ1) is 5.61. The molecule has 1 rings (SSSR count). The second-order valence-corrected chi connectivity index (χ2v) is 4.72. The lowest BCUT2D eigenvalue weighted by Crippen LogP contribution is -2.11. The Morgan fingerprint density at radius 2 is 2.15 bits per heavy atom. The molecule has 0 amide bonds. The summed E-state index contributed by atoms with van der Waals surface area (Å²) in [6.07, 6.45) is 1.00. The van der Waals surface area contributed by atoms with Crippen LogP contribution in [0, 0.1) is 5.92 Å². The van der Waals surface area contributed by atoms with Gasteiger partial charge in [0.15, 0.2) is 0 Å². The topological polar surface area (TPSA) is 26.0 Å². The summed E-state index contributed by atoms with van der Waals surface area (Å²) in [5.74, 6) is 0.623. The fourth-order valence-corrected chi connectivity index (χ4v) is 2.40. The van der Waals surface area contributed by atoms with Crippen LogP contribution in [0.2, 0.25) is 5.02 Å². The molecular formula is C9H15Cl2NS. The Bertz CT molecular complexity index is 248. The predicted octanol–water partition coefficient (Wildman–Crippen LogP) is 3.87. The molecule has 1 atom stereocenters. The average Bonchev–Trinajstić information content (AvgIpc) is 2.33. The van der Waals surface area contributed by atoms with Crippen LogP contribution in [0.1, 0.15) is 31.2 Å². The summed E-state index contributed by atoms with van der Waals surface area (Å²) in [7, 11) is 0. The van der Waals surface area contributed by atoms with Gasteiger partial charge in [-0.3, -0.25) is 0 Å². The third-order valence-electron chi connectivity index (χ3n) is 1.71. The molecule has 1 heterocycles. The lowest BCUT2D eigenvalue weighted by Gasteiger charge is -2.12. The van der Waals surface area contributed by atoms with Crippen LogP contribution in [0.15, 0.2) is 11.4 Å².